The number of aromatic amines is 1. The Labute approximate surface area is 105 Å². The van der Waals surface area contributed by atoms with E-state index in [1.165, 1.54) is 13.2 Å². The summed E-state index contributed by atoms with van der Waals surface area (Å²) in [6.07, 6.45) is 1.40. The third kappa shape index (κ3) is 4.84. The fourth-order valence-electron chi connectivity index (χ4n) is 1.03. The Hall–Kier alpha value is -1.59. The molecule has 3 N–H and O–H groups in total. The minimum absolute atomic E-state index is 0.473. The molecule has 6 heteroatoms. The molecule has 0 atom stereocenters. The molecule has 0 saturated carbocycles. The van der Waals surface area contributed by atoms with Gasteiger partial charge in [-0.25, -0.2) is 9.97 Å². The standard InChI is InChI=1S/C6H7N5.2C2H6.CH3B/c1-3-4-5(7)8-2-9-6(4)11-10-3;3*1-2/h2H,1H3,(H3,7,8,9,10,11);2*1-2H3;1H3. The normalized spacial score (nSPS) is 7.88. The zero-order chi connectivity index (χ0) is 13.8. The molecular weight excluding hydrogens is 213 g/mol. The predicted molar refractivity (Wildman–Crippen MR) is 75.1 cm³/mol. The molecule has 0 aliphatic carbocycles. The summed E-state index contributed by atoms with van der Waals surface area (Å²) in [4.78, 5) is 7.78. The fraction of sp³-hybridized carbons (Fsp3) is 0.545. The van der Waals surface area contributed by atoms with Crippen molar-refractivity contribution in [3.8, 4) is 0 Å². The van der Waals surface area contributed by atoms with Gasteiger partial charge in [-0.2, -0.15) is 5.10 Å². The van der Waals surface area contributed by atoms with E-state index in [0.29, 0.717) is 11.5 Å². The van der Waals surface area contributed by atoms with Crippen molar-refractivity contribution in [2.24, 2.45) is 0 Å². The maximum atomic E-state index is 5.59. The Morgan fingerprint density at radius 3 is 2.12 bits per heavy atom. The SMILES string of the molecule is CC.CC.Cc1[nH]nc2ncnc(N)c12.[B]C. The van der Waals surface area contributed by atoms with Crippen molar-refractivity contribution >= 4 is 24.7 Å². The highest BCUT2D eigenvalue weighted by atomic mass is 15.2. The number of hydrogen-bond donors (Lipinski definition) is 2. The Kier molecular flexibility index (Phi) is 11.4. The zero-order valence-corrected chi connectivity index (χ0v) is 11.6. The summed E-state index contributed by atoms with van der Waals surface area (Å²) in [7, 11) is 4.50. The quantitative estimate of drug-likeness (QED) is 0.687. The van der Waals surface area contributed by atoms with E-state index < -0.39 is 0 Å². The van der Waals surface area contributed by atoms with Gasteiger partial charge in [0.15, 0.2) is 5.65 Å². The first kappa shape index (κ1) is 17.8. The molecule has 2 radical (unpaired) electrons. The van der Waals surface area contributed by atoms with Crippen LogP contribution in [0.15, 0.2) is 6.33 Å². The number of aromatic nitrogens is 4. The lowest BCUT2D eigenvalue weighted by Gasteiger charge is -1.91. The second-order valence-corrected chi connectivity index (χ2v) is 2.31. The number of anilines is 1. The van der Waals surface area contributed by atoms with Gasteiger partial charge in [0.25, 0.3) is 0 Å². The molecule has 0 unspecified atom stereocenters. The summed E-state index contributed by atoms with van der Waals surface area (Å²) in [5.74, 6) is 0.473. The van der Waals surface area contributed by atoms with Crippen LogP contribution in [0.4, 0.5) is 5.82 Å². The molecule has 0 aliphatic heterocycles. The van der Waals surface area contributed by atoms with Crippen molar-refractivity contribution < 1.29 is 0 Å². The first-order valence-electron chi connectivity index (χ1n) is 5.78. The van der Waals surface area contributed by atoms with Gasteiger partial charge in [-0.3, -0.25) is 5.10 Å². The van der Waals surface area contributed by atoms with Crippen molar-refractivity contribution in [2.75, 3.05) is 5.73 Å². The van der Waals surface area contributed by atoms with Crippen LogP contribution in [0.5, 0.6) is 0 Å². The van der Waals surface area contributed by atoms with Crippen LogP contribution in [0, 0.1) is 6.92 Å². The number of nitrogens with zero attached hydrogens (tertiary/aromatic N) is 3. The minimum atomic E-state index is 0.473. The molecule has 2 aromatic rings. The third-order valence-corrected chi connectivity index (χ3v) is 1.56. The van der Waals surface area contributed by atoms with Gasteiger partial charge in [-0.05, 0) is 6.92 Å². The Morgan fingerprint density at radius 2 is 1.65 bits per heavy atom. The molecule has 0 fully saturated rings. The molecule has 2 heterocycles. The molecule has 17 heavy (non-hydrogen) atoms. The molecule has 0 saturated heterocycles. The van der Waals surface area contributed by atoms with Crippen LogP contribution in [-0.2, 0) is 0 Å². The molecule has 94 valence electrons. The van der Waals surface area contributed by atoms with Crippen LogP contribution < -0.4 is 5.73 Å². The summed E-state index contributed by atoms with van der Waals surface area (Å²) < 4.78 is 0. The van der Waals surface area contributed by atoms with Gasteiger partial charge < -0.3 is 5.73 Å². The highest BCUT2D eigenvalue weighted by Crippen LogP contribution is 2.16. The van der Waals surface area contributed by atoms with Gasteiger partial charge in [0, 0.05) is 5.69 Å². The highest BCUT2D eigenvalue weighted by molar-refractivity contribution is 6.05. The number of aryl methyl sites for hydroxylation is 1. The van der Waals surface area contributed by atoms with Crippen molar-refractivity contribution in [3.05, 3.63) is 12.0 Å². The number of nitrogens with one attached hydrogen (secondary N) is 1. The van der Waals surface area contributed by atoms with Crippen molar-refractivity contribution in [2.45, 2.75) is 41.4 Å². The summed E-state index contributed by atoms with van der Waals surface area (Å²) in [5, 5.41) is 7.52. The lowest BCUT2D eigenvalue weighted by Crippen LogP contribution is -1.91. The first-order chi connectivity index (χ1) is 8.29. The molecule has 0 aromatic carbocycles. The van der Waals surface area contributed by atoms with E-state index in [9.17, 15) is 0 Å². The topological polar surface area (TPSA) is 80.5 Å². The minimum Gasteiger partial charge on any atom is -0.383 e. The summed E-state index contributed by atoms with van der Waals surface area (Å²) >= 11 is 0. The van der Waals surface area contributed by atoms with E-state index in [4.69, 9.17) is 5.73 Å². The number of fused-ring (bicyclic) bond motifs is 1. The van der Waals surface area contributed by atoms with E-state index in [1.54, 1.807) is 0 Å². The molecule has 5 nitrogen and oxygen atoms in total. The molecular formula is C11H22BN5. The molecule has 0 spiro atoms. The number of nitrogen functional groups attached to an aromatic ring is 1. The van der Waals surface area contributed by atoms with E-state index in [-0.39, 0.29) is 0 Å². The summed E-state index contributed by atoms with van der Waals surface area (Å²) in [6.45, 7) is 11.4. The maximum absolute atomic E-state index is 5.59. The van der Waals surface area contributed by atoms with Crippen LogP contribution in [0.25, 0.3) is 11.0 Å². The van der Waals surface area contributed by atoms with Crippen LogP contribution in [-0.4, -0.2) is 28.0 Å². The largest absolute Gasteiger partial charge is 0.383 e. The molecule has 0 bridgehead atoms. The molecule has 0 aliphatic rings. The van der Waals surface area contributed by atoms with Gasteiger partial charge in [0.1, 0.15) is 12.1 Å². The van der Waals surface area contributed by atoms with Gasteiger partial charge >= 0.3 is 0 Å². The second kappa shape index (κ2) is 10.9. The smallest absolute Gasteiger partial charge is 0.186 e. The zero-order valence-electron chi connectivity index (χ0n) is 11.6. The van der Waals surface area contributed by atoms with Crippen LogP contribution in [0.2, 0.25) is 6.82 Å². The average Bonchev–Trinajstić information content (AvgIpc) is 2.80. The van der Waals surface area contributed by atoms with Gasteiger partial charge in [0.2, 0.25) is 0 Å². The summed E-state index contributed by atoms with van der Waals surface area (Å²) in [5.41, 5.74) is 7.11. The monoisotopic (exact) mass is 235 g/mol. The lowest BCUT2D eigenvalue weighted by atomic mass is 10.2. The first-order valence-corrected chi connectivity index (χ1v) is 5.78. The highest BCUT2D eigenvalue weighted by Gasteiger charge is 2.05. The average molecular weight is 235 g/mol. The summed E-state index contributed by atoms with van der Waals surface area (Å²) in [6, 6.07) is 0. The van der Waals surface area contributed by atoms with E-state index in [1.807, 2.05) is 34.6 Å². The number of nitrogens with two attached hydrogens (primary N) is 1. The van der Waals surface area contributed by atoms with Gasteiger partial charge in [-0.1, -0.05) is 34.5 Å². The Balaban J connectivity index is 0. The number of rotatable bonds is 0. The van der Waals surface area contributed by atoms with Crippen LogP contribution in [0.3, 0.4) is 0 Å². The number of H-pyrrole nitrogens is 1. The van der Waals surface area contributed by atoms with Crippen LogP contribution >= 0.6 is 0 Å². The van der Waals surface area contributed by atoms with Gasteiger partial charge in [-0.15, -0.1) is 0 Å². The van der Waals surface area contributed by atoms with Crippen molar-refractivity contribution in [3.63, 3.8) is 0 Å². The Morgan fingerprint density at radius 1 is 1.12 bits per heavy atom. The van der Waals surface area contributed by atoms with Crippen LogP contribution in [0.1, 0.15) is 33.4 Å². The van der Waals surface area contributed by atoms with E-state index in [2.05, 4.69) is 28.0 Å². The van der Waals surface area contributed by atoms with E-state index >= 15 is 0 Å². The van der Waals surface area contributed by atoms with Crippen molar-refractivity contribution in [1.82, 2.24) is 20.2 Å². The van der Waals surface area contributed by atoms with Gasteiger partial charge in [0.05, 0.1) is 13.2 Å². The molecule has 2 aromatic heterocycles. The number of hydrogen-bond acceptors (Lipinski definition) is 4. The molecule has 2 rings (SSSR count). The lowest BCUT2D eigenvalue weighted by molar-refractivity contribution is 1.05. The Bertz CT molecular complexity index is 400. The molecule has 0 amide bonds. The van der Waals surface area contributed by atoms with E-state index in [0.717, 1.165) is 11.1 Å². The van der Waals surface area contributed by atoms with Crippen molar-refractivity contribution in [1.29, 1.82) is 0 Å². The predicted octanol–water partition coefficient (Wildman–Crippen LogP) is 2.50. The maximum Gasteiger partial charge on any atom is 0.186 e. The fourth-order valence-corrected chi connectivity index (χ4v) is 1.03. The third-order valence-electron chi connectivity index (χ3n) is 1.56. The second-order valence-electron chi connectivity index (χ2n) is 2.31.